The van der Waals surface area contributed by atoms with E-state index in [0.717, 1.165) is 10.6 Å². The lowest BCUT2D eigenvalue weighted by molar-refractivity contribution is -0.384. The Morgan fingerprint density at radius 1 is 1.21 bits per heavy atom. The summed E-state index contributed by atoms with van der Waals surface area (Å²) in [4.78, 5) is 12.0. The summed E-state index contributed by atoms with van der Waals surface area (Å²) >= 11 is 13.8. The fourth-order valence-electron chi connectivity index (χ4n) is 2.68. The van der Waals surface area contributed by atoms with E-state index >= 15 is 0 Å². The van der Waals surface area contributed by atoms with Crippen LogP contribution in [0.5, 0.6) is 5.75 Å². The van der Waals surface area contributed by atoms with Gasteiger partial charge in [0.1, 0.15) is 5.75 Å². The van der Waals surface area contributed by atoms with Crippen LogP contribution in [-0.2, 0) is 0 Å². The van der Waals surface area contributed by atoms with Gasteiger partial charge in [-0.05, 0) is 42.5 Å². The third kappa shape index (κ3) is 3.48. The first-order valence-corrected chi connectivity index (χ1v) is 9.06. The lowest BCUT2D eigenvalue weighted by Crippen LogP contribution is -2.10. The summed E-state index contributed by atoms with van der Waals surface area (Å²) < 4.78 is 5.46. The summed E-state index contributed by atoms with van der Waals surface area (Å²) in [6, 6.07) is 8.64. The molecular weight excluding hydrogens is 369 g/mol. The van der Waals surface area contributed by atoms with Gasteiger partial charge in [0.15, 0.2) is 0 Å². The largest absolute Gasteiger partial charge is 0.496 e. The number of non-ortho nitro benzene ring substituents is 1. The number of rotatable bonds is 5. The fraction of sp³-hybridized carbons (Fsp3) is 0.294. The van der Waals surface area contributed by atoms with E-state index in [0.29, 0.717) is 10.8 Å². The van der Waals surface area contributed by atoms with E-state index in [1.165, 1.54) is 48.7 Å². The van der Waals surface area contributed by atoms with Gasteiger partial charge in [0.05, 0.1) is 22.1 Å². The maximum absolute atomic E-state index is 10.9. The summed E-state index contributed by atoms with van der Waals surface area (Å²) in [5.74, 6) is 1.42. The number of nitro groups is 1. The molecule has 0 spiro atoms. The Morgan fingerprint density at radius 2 is 1.88 bits per heavy atom. The highest BCUT2D eigenvalue weighted by atomic mass is 35.5. The van der Waals surface area contributed by atoms with Crippen LogP contribution in [0.1, 0.15) is 30.7 Å². The zero-order valence-corrected chi connectivity index (χ0v) is 15.2. The molecule has 1 saturated carbocycles. The molecule has 0 amide bonds. The van der Waals surface area contributed by atoms with Gasteiger partial charge in [-0.1, -0.05) is 41.4 Å². The van der Waals surface area contributed by atoms with Gasteiger partial charge in [0.25, 0.3) is 5.69 Å². The van der Waals surface area contributed by atoms with Crippen LogP contribution < -0.4 is 4.74 Å². The number of nitro benzene ring substituents is 1. The van der Waals surface area contributed by atoms with Gasteiger partial charge in [-0.2, -0.15) is 0 Å². The van der Waals surface area contributed by atoms with Crippen molar-refractivity contribution in [3.8, 4) is 5.75 Å². The maximum atomic E-state index is 10.9. The van der Waals surface area contributed by atoms with Crippen molar-refractivity contribution in [2.75, 3.05) is 7.11 Å². The molecule has 0 bridgehead atoms. The first-order chi connectivity index (χ1) is 11.5. The van der Waals surface area contributed by atoms with Gasteiger partial charge < -0.3 is 4.74 Å². The number of ether oxygens (including phenoxy) is 1. The van der Waals surface area contributed by atoms with Crippen molar-refractivity contribution >= 4 is 40.7 Å². The molecule has 3 rings (SSSR count). The molecule has 0 unspecified atom stereocenters. The predicted octanol–water partition coefficient (Wildman–Crippen LogP) is 6.33. The molecule has 0 N–H and O–H groups in total. The van der Waals surface area contributed by atoms with E-state index in [2.05, 4.69) is 6.07 Å². The van der Waals surface area contributed by atoms with Crippen LogP contribution in [0.15, 0.2) is 40.1 Å². The van der Waals surface area contributed by atoms with E-state index in [-0.39, 0.29) is 15.7 Å². The third-order valence-electron chi connectivity index (χ3n) is 4.16. The Morgan fingerprint density at radius 3 is 2.38 bits per heavy atom. The molecule has 0 radical (unpaired) electrons. The van der Waals surface area contributed by atoms with E-state index in [1.54, 1.807) is 7.11 Å². The van der Waals surface area contributed by atoms with Crippen molar-refractivity contribution in [1.29, 1.82) is 0 Å². The van der Waals surface area contributed by atoms with Crippen LogP contribution in [0, 0.1) is 10.1 Å². The molecule has 0 saturated heterocycles. The molecule has 7 heteroatoms. The summed E-state index contributed by atoms with van der Waals surface area (Å²) in [7, 11) is 1.67. The SMILES string of the molecule is COc1ccc(Sc2c(Cl)cc([N+](=O)[O-])cc2Cl)cc1C1CCC1. The number of methoxy groups -OCH3 is 1. The van der Waals surface area contributed by atoms with Gasteiger partial charge in [-0.3, -0.25) is 10.1 Å². The highest BCUT2D eigenvalue weighted by Crippen LogP contribution is 2.45. The van der Waals surface area contributed by atoms with Crippen molar-refractivity contribution in [2.24, 2.45) is 0 Å². The molecule has 0 aromatic heterocycles. The van der Waals surface area contributed by atoms with Gasteiger partial charge in [-0.15, -0.1) is 0 Å². The molecular formula is C17H15Cl2NO3S. The lowest BCUT2D eigenvalue weighted by atomic mass is 9.80. The monoisotopic (exact) mass is 383 g/mol. The van der Waals surface area contributed by atoms with E-state index in [1.807, 2.05) is 12.1 Å². The second-order valence-electron chi connectivity index (χ2n) is 5.63. The Hall–Kier alpha value is -1.43. The topological polar surface area (TPSA) is 52.4 Å². The van der Waals surface area contributed by atoms with Crippen LogP contribution in [0.25, 0.3) is 0 Å². The molecule has 4 nitrogen and oxygen atoms in total. The molecule has 1 fully saturated rings. The predicted molar refractivity (Wildman–Crippen MR) is 96.8 cm³/mol. The second kappa shape index (κ2) is 7.21. The van der Waals surface area contributed by atoms with Crippen molar-refractivity contribution in [3.05, 3.63) is 56.1 Å². The van der Waals surface area contributed by atoms with Gasteiger partial charge in [0.2, 0.25) is 0 Å². The summed E-state index contributed by atoms with van der Waals surface area (Å²) in [5, 5.41) is 11.4. The van der Waals surface area contributed by atoms with Crippen molar-refractivity contribution in [3.63, 3.8) is 0 Å². The molecule has 2 aromatic carbocycles. The summed E-state index contributed by atoms with van der Waals surface area (Å²) in [6.45, 7) is 0. The molecule has 0 aliphatic heterocycles. The fourth-order valence-corrected chi connectivity index (χ4v) is 4.26. The van der Waals surface area contributed by atoms with Gasteiger partial charge >= 0.3 is 0 Å². The minimum Gasteiger partial charge on any atom is -0.496 e. The standard InChI is InChI=1S/C17H15Cl2NO3S/c1-23-16-6-5-12(9-13(16)10-3-2-4-10)24-17-14(18)7-11(20(21)22)8-15(17)19/h5-10H,2-4H2,1H3. The zero-order chi connectivity index (χ0) is 17.3. The van der Waals surface area contributed by atoms with E-state index in [9.17, 15) is 10.1 Å². The van der Waals surface area contributed by atoms with Crippen LogP contribution in [-0.4, -0.2) is 12.0 Å². The molecule has 126 valence electrons. The van der Waals surface area contributed by atoms with Crippen LogP contribution >= 0.6 is 35.0 Å². The molecule has 1 aliphatic rings. The number of benzene rings is 2. The van der Waals surface area contributed by atoms with Crippen molar-refractivity contribution < 1.29 is 9.66 Å². The number of halogens is 2. The molecule has 1 aliphatic carbocycles. The second-order valence-corrected chi connectivity index (χ2v) is 7.53. The smallest absolute Gasteiger partial charge is 0.272 e. The number of nitrogens with zero attached hydrogens (tertiary/aromatic N) is 1. The minimum absolute atomic E-state index is 0.112. The van der Waals surface area contributed by atoms with Gasteiger partial charge in [0, 0.05) is 21.9 Å². The maximum Gasteiger partial charge on any atom is 0.272 e. The molecule has 2 aromatic rings. The van der Waals surface area contributed by atoms with E-state index in [4.69, 9.17) is 27.9 Å². The molecule has 0 atom stereocenters. The Balaban J connectivity index is 1.92. The van der Waals surface area contributed by atoms with E-state index < -0.39 is 4.92 Å². The normalized spacial score (nSPS) is 14.3. The number of hydrogen-bond acceptors (Lipinski definition) is 4. The highest BCUT2D eigenvalue weighted by Gasteiger charge is 2.24. The molecule has 0 heterocycles. The molecule has 24 heavy (non-hydrogen) atoms. The van der Waals surface area contributed by atoms with Crippen molar-refractivity contribution in [2.45, 2.75) is 35.0 Å². The average molecular weight is 384 g/mol. The summed E-state index contributed by atoms with van der Waals surface area (Å²) in [6.07, 6.45) is 3.58. The Labute approximate surface area is 154 Å². The first-order valence-electron chi connectivity index (χ1n) is 7.49. The minimum atomic E-state index is -0.506. The zero-order valence-electron chi connectivity index (χ0n) is 12.9. The number of hydrogen-bond donors (Lipinski definition) is 0. The van der Waals surface area contributed by atoms with Crippen molar-refractivity contribution in [1.82, 2.24) is 0 Å². The first kappa shape index (κ1) is 17.4. The van der Waals surface area contributed by atoms with Gasteiger partial charge in [-0.25, -0.2) is 0 Å². The average Bonchev–Trinajstić information content (AvgIpc) is 2.49. The summed E-state index contributed by atoms with van der Waals surface area (Å²) in [5.41, 5.74) is 1.09. The lowest BCUT2D eigenvalue weighted by Gasteiger charge is -2.27. The Bertz CT molecular complexity index is 770. The van der Waals surface area contributed by atoms with Crippen LogP contribution in [0.3, 0.4) is 0 Å². The highest BCUT2D eigenvalue weighted by molar-refractivity contribution is 7.99. The Kier molecular flexibility index (Phi) is 5.23. The van der Waals surface area contributed by atoms with Crippen LogP contribution in [0.2, 0.25) is 10.0 Å². The quantitative estimate of drug-likeness (QED) is 0.447. The van der Waals surface area contributed by atoms with Crippen LogP contribution in [0.4, 0.5) is 5.69 Å². The third-order valence-corrected chi connectivity index (χ3v) is 6.11.